The number of hydrogen-bond donors (Lipinski definition) is 4. The van der Waals surface area contributed by atoms with Crippen LogP contribution in [-0.2, 0) is 23.9 Å². The van der Waals surface area contributed by atoms with Crippen LogP contribution in [0, 0.1) is 11.3 Å². The van der Waals surface area contributed by atoms with E-state index in [9.17, 15) is 24.3 Å². The fourth-order valence-corrected chi connectivity index (χ4v) is 4.83. The minimum absolute atomic E-state index is 0.301. The van der Waals surface area contributed by atoms with E-state index in [4.69, 9.17) is 9.72 Å². The summed E-state index contributed by atoms with van der Waals surface area (Å²) < 4.78 is 5.73. The monoisotopic (exact) mass is 565 g/mol. The molecule has 220 valence electrons. The van der Waals surface area contributed by atoms with Gasteiger partial charge in [0.25, 0.3) is 5.91 Å². The topological polar surface area (TPSA) is 150 Å². The minimum atomic E-state index is -1.33. The lowest BCUT2D eigenvalue weighted by Gasteiger charge is -2.35. The summed E-state index contributed by atoms with van der Waals surface area (Å²) in [6, 6.07) is 6.70. The molecule has 3 heterocycles. The van der Waals surface area contributed by atoms with Crippen molar-refractivity contribution in [3.8, 4) is 0 Å². The fourth-order valence-electron chi connectivity index (χ4n) is 4.83. The summed E-state index contributed by atoms with van der Waals surface area (Å²) in [5.41, 5.74) is 3.62. The average molecular weight is 566 g/mol. The van der Waals surface area contributed by atoms with Crippen molar-refractivity contribution >= 4 is 40.7 Å². The molecule has 41 heavy (non-hydrogen) atoms. The number of cyclic esters (lactones) is 1. The highest BCUT2D eigenvalue weighted by Gasteiger charge is 2.36. The van der Waals surface area contributed by atoms with Crippen LogP contribution < -0.4 is 16.1 Å². The molecule has 1 fully saturated rings. The van der Waals surface area contributed by atoms with Crippen LogP contribution in [0.3, 0.4) is 0 Å². The first kappa shape index (κ1) is 30.1. The van der Waals surface area contributed by atoms with Crippen molar-refractivity contribution in [2.75, 3.05) is 13.2 Å². The molecule has 5 atom stereocenters. The van der Waals surface area contributed by atoms with Gasteiger partial charge < -0.3 is 20.5 Å². The van der Waals surface area contributed by atoms with Gasteiger partial charge in [-0.2, -0.15) is 0 Å². The molecular weight excluding hydrogens is 526 g/mol. The molecule has 2 aliphatic heterocycles. The molecule has 0 unspecified atom stereocenters. The van der Waals surface area contributed by atoms with E-state index in [1.165, 1.54) is 5.01 Å². The van der Waals surface area contributed by atoms with Crippen molar-refractivity contribution in [3.05, 3.63) is 47.7 Å². The van der Waals surface area contributed by atoms with Gasteiger partial charge in [-0.1, -0.05) is 44.2 Å². The summed E-state index contributed by atoms with van der Waals surface area (Å²) in [4.78, 5) is 57.5. The van der Waals surface area contributed by atoms with Gasteiger partial charge in [-0.3, -0.25) is 24.2 Å². The minimum Gasteiger partial charge on any atom is -0.455 e. The van der Waals surface area contributed by atoms with Crippen molar-refractivity contribution in [1.82, 2.24) is 26.1 Å². The molecule has 2 aromatic rings. The summed E-state index contributed by atoms with van der Waals surface area (Å²) in [7, 11) is 0. The maximum atomic E-state index is 13.4. The van der Waals surface area contributed by atoms with E-state index in [0.29, 0.717) is 30.6 Å². The summed E-state index contributed by atoms with van der Waals surface area (Å²) in [6.45, 7) is 8.31. The number of fused-ring (bicyclic) bond motifs is 4. The zero-order chi connectivity index (χ0) is 29.9. The Kier molecular flexibility index (Phi) is 9.08. The Morgan fingerprint density at radius 3 is 2.56 bits per heavy atom. The molecule has 4 N–H and O–H groups in total. The van der Waals surface area contributed by atoms with Crippen molar-refractivity contribution in [3.63, 3.8) is 0 Å². The number of benzene rings is 1. The first-order valence-corrected chi connectivity index (χ1v) is 14.0. The number of aromatic nitrogens is 1. The van der Waals surface area contributed by atoms with Crippen molar-refractivity contribution < 1.29 is 29.0 Å². The second kappa shape index (κ2) is 12.4. The number of carbonyl (C=O) groups excluding carboxylic acids is 4. The largest absolute Gasteiger partial charge is 0.455 e. The van der Waals surface area contributed by atoms with Gasteiger partial charge in [0.1, 0.15) is 24.2 Å². The molecule has 5 bridgehead atoms. The maximum Gasteiger partial charge on any atom is 0.325 e. The quantitative estimate of drug-likeness (QED) is 0.404. The van der Waals surface area contributed by atoms with Crippen molar-refractivity contribution in [1.29, 1.82) is 0 Å². The molecule has 11 heteroatoms. The van der Waals surface area contributed by atoms with E-state index in [1.54, 1.807) is 52.8 Å². The molecule has 1 saturated heterocycles. The Morgan fingerprint density at radius 1 is 1.12 bits per heavy atom. The lowest BCUT2D eigenvalue weighted by atomic mass is 9.88. The van der Waals surface area contributed by atoms with Crippen LogP contribution in [0.15, 0.2) is 36.4 Å². The summed E-state index contributed by atoms with van der Waals surface area (Å²) in [5.74, 6) is -2.27. The third kappa shape index (κ3) is 6.74. The van der Waals surface area contributed by atoms with Crippen LogP contribution in [-0.4, -0.2) is 70.1 Å². The number of nitrogens with zero attached hydrogens (tertiary/aromatic N) is 2. The maximum absolute atomic E-state index is 13.4. The molecule has 1 aromatic heterocycles. The Hall–Kier alpha value is -3.83. The van der Waals surface area contributed by atoms with Crippen molar-refractivity contribution in [2.24, 2.45) is 11.3 Å². The number of aliphatic hydroxyl groups excluding tert-OH is 1. The highest BCUT2D eigenvalue weighted by Crippen LogP contribution is 2.25. The molecule has 1 aromatic carbocycles. The number of hydrazine groups is 1. The third-order valence-corrected chi connectivity index (χ3v) is 7.64. The Morgan fingerprint density at radius 2 is 1.85 bits per heavy atom. The van der Waals surface area contributed by atoms with Crippen LogP contribution in [0.2, 0.25) is 0 Å². The average Bonchev–Trinajstić information content (AvgIpc) is 2.96. The van der Waals surface area contributed by atoms with E-state index in [2.05, 4.69) is 16.1 Å². The van der Waals surface area contributed by atoms with Crippen LogP contribution in [0.5, 0.6) is 0 Å². The molecule has 0 spiro atoms. The standard InChI is InChI=1S/C30H39N5O6/c1-17(2)25-26(37)31-18(3)27(38)35-14-6-7-23(34-35)28(39)41-19(4)22-11-10-21-9-8-20(15-24(21)32-22)12-13-30(5,16-36)29(40)33-25/h8-13,15,17-19,23,25,34,36H,6-7,14,16H2,1-5H3,(H,31,37)(H,33,40)/b13-12+/t18-,19+,23-,25-,30-/m0/s1. The molecule has 0 radical (unpaired) electrons. The SMILES string of the molecule is CC(C)[C@@H]1NC(=O)[C@](C)(CO)/C=C/c2ccc3ccc(nc3c2)[C@@H](C)OC(=O)[C@@H]2CCCN(N2)C(=O)[C@H](C)NC1=O. The fraction of sp³-hybridized carbons (Fsp3) is 0.500. The normalized spacial score (nSPS) is 29.2. The van der Waals surface area contributed by atoms with Gasteiger partial charge in [-0.25, -0.2) is 10.4 Å². The van der Waals surface area contributed by atoms with Crippen LogP contribution >= 0.6 is 0 Å². The zero-order valence-electron chi connectivity index (χ0n) is 24.1. The summed E-state index contributed by atoms with van der Waals surface area (Å²) in [5, 5.41) is 17.9. The van der Waals surface area contributed by atoms with Gasteiger partial charge in [-0.05, 0) is 57.2 Å². The number of ether oxygens (including phenoxy) is 1. The van der Waals surface area contributed by atoms with Crippen LogP contribution in [0.1, 0.15) is 64.8 Å². The van der Waals surface area contributed by atoms with Gasteiger partial charge in [0.15, 0.2) is 0 Å². The number of nitrogens with one attached hydrogen (secondary N) is 3. The predicted molar refractivity (Wildman–Crippen MR) is 153 cm³/mol. The summed E-state index contributed by atoms with van der Waals surface area (Å²) in [6.07, 6.45) is 3.74. The molecule has 0 aliphatic carbocycles. The highest BCUT2D eigenvalue weighted by atomic mass is 16.5. The van der Waals surface area contributed by atoms with Gasteiger partial charge in [0.2, 0.25) is 11.8 Å². The molecule has 11 nitrogen and oxygen atoms in total. The van der Waals surface area contributed by atoms with Gasteiger partial charge in [0, 0.05) is 11.9 Å². The number of hydrogen-bond acceptors (Lipinski definition) is 8. The van der Waals surface area contributed by atoms with Gasteiger partial charge in [-0.15, -0.1) is 0 Å². The second-order valence-corrected chi connectivity index (χ2v) is 11.4. The predicted octanol–water partition coefficient (Wildman–Crippen LogP) is 2.01. The van der Waals surface area contributed by atoms with Crippen molar-refractivity contribution in [2.45, 2.75) is 71.7 Å². The Labute approximate surface area is 239 Å². The number of amides is 3. The number of esters is 1. The van der Waals surface area contributed by atoms with Crippen LogP contribution in [0.4, 0.5) is 0 Å². The molecular formula is C30H39N5O6. The highest BCUT2D eigenvalue weighted by molar-refractivity contribution is 5.94. The smallest absolute Gasteiger partial charge is 0.325 e. The molecule has 2 aliphatic rings. The number of pyridine rings is 1. The van der Waals surface area contributed by atoms with E-state index >= 15 is 0 Å². The van der Waals surface area contributed by atoms with E-state index < -0.39 is 59.9 Å². The van der Waals surface area contributed by atoms with Gasteiger partial charge in [0.05, 0.1) is 23.2 Å². The summed E-state index contributed by atoms with van der Waals surface area (Å²) >= 11 is 0. The first-order valence-electron chi connectivity index (χ1n) is 14.0. The van der Waals surface area contributed by atoms with Gasteiger partial charge >= 0.3 is 5.97 Å². The lowest BCUT2D eigenvalue weighted by molar-refractivity contribution is -0.157. The zero-order valence-corrected chi connectivity index (χ0v) is 24.1. The van der Waals surface area contributed by atoms with E-state index in [-0.39, 0.29) is 5.92 Å². The van der Waals surface area contributed by atoms with E-state index in [1.807, 2.05) is 24.3 Å². The second-order valence-electron chi connectivity index (χ2n) is 11.4. The van der Waals surface area contributed by atoms with E-state index in [0.717, 1.165) is 10.9 Å². The Balaban J connectivity index is 1.72. The lowest BCUT2D eigenvalue weighted by Crippen LogP contribution is -2.61. The third-order valence-electron chi connectivity index (χ3n) is 7.64. The number of rotatable bonds is 2. The number of aliphatic hydroxyl groups is 1. The first-order chi connectivity index (χ1) is 19.4. The molecule has 4 rings (SSSR count). The molecule has 3 amide bonds. The number of carbonyl (C=O) groups is 4. The molecule has 0 saturated carbocycles. The van der Waals surface area contributed by atoms with Crippen LogP contribution in [0.25, 0.3) is 17.0 Å². The Bertz CT molecular complexity index is 1360.